The van der Waals surface area contributed by atoms with Crippen molar-refractivity contribution in [3.63, 3.8) is 0 Å². The van der Waals surface area contributed by atoms with E-state index >= 15 is 0 Å². The molecular weight excluding hydrogens is 299 g/mol. The van der Waals surface area contributed by atoms with Gasteiger partial charge in [0.25, 0.3) is 0 Å². The molecule has 3 N–H and O–H groups in total. The maximum Gasteiger partial charge on any atom is 0.237 e. The predicted molar refractivity (Wildman–Crippen MR) is 80.1 cm³/mol. The summed E-state index contributed by atoms with van der Waals surface area (Å²) in [6, 6.07) is 4.73. The SMILES string of the molecule is O=C(NCC(O)c1cc(Cl)cc(Cl)c1)C1CCCCN1. The fourth-order valence-electron chi connectivity index (χ4n) is 2.28. The fraction of sp³-hybridized carbons (Fsp3) is 0.500. The van der Waals surface area contributed by atoms with Crippen LogP contribution in [0.2, 0.25) is 10.0 Å². The van der Waals surface area contributed by atoms with Gasteiger partial charge >= 0.3 is 0 Å². The Hall–Kier alpha value is -0.810. The molecule has 1 aromatic carbocycles. The van der Waals surface area contributed by atoms with Crippen LogP contribution < -0.4 is 10.6 Å². The minimum absolute atomic E-state index is 0.0723. The van der Waals surface area contributed by atoms with Crippen LogP contribution in [0, 0.1) is 0 Å². The molecule has 0 aliphatic carbocycles. The van der Waals surface area contributed by atoms with Gasteiger partial charge in [-0.1, -0.05) is 29.6 Å². The van der Waals surface area contributed by atoms with E-state index in [1.807, 2.05) is 0 Å². The topological polar surface area (TPSA) is 61.4 Å². The monoisotopic (exact) mass is 316 g/mol. The second kappa shape index (κ2) is 7.27. The highest BCUT2D eigenvalue weighted by Gasteiger charge is 2.21. The van der Waals surface area contributed by atoms with Crippen LogP contribution in [0.5, 0.6) is 0 Å². The standard InChI is InChI=1S/C14H18Cl2N2O2/c15-10-5-9(6-11(16)7-10)13(19)8-18-14(20)12-3-1-2-4-17-12/h5-7,12-13,17,19H,1-4,8H2,(H,18,20). The molecule has 0 bridgehead atoms. The van der Waals surface area contributed by atoms with Crippen molar-refractivity contribution in [2.75, 3.05) is 13.1 Å². The van der Waals surface area contributed by atoms with Gasteiger partial charge in [0, 0.05) is 16.6 Å². The molecule has 0 spiro atoms. The Kier molecular flexibility index (Phi) is 5.66. The van der Waals surface area contributed by atoms with Crippen LogP contribution in [-0.4, -0.2) is 30.1 Å². The Balaban J connectivity index is 1.87. The molecule has 2 rings (SSSR count). The van der Waals surface area contributed by atoms with E-state index in [9.17, 15) is 9.90 Å². The molecule has 1 amide bonds. The summed E-state index contributed by atoms with van der Waals surface area (Å²) in [4.78, 5) is 11.9. The second-order valence-electron chi connectivity index (χ2n) is 4.97. The Morgan fingerprint density at radius 1 is 1.35 bits per heavy atom. The lowest BCUT2D eigenvalue weighted by Crippen LogP contribution is -2.47. The summed E-state index contributed by atoms with van der Waals surface area (Å²) >= 11 is 11.8. The van der Waals surface area contributed by atoms with Gasteiger partial charge in [0.2, 0.25) is 5.91 Å². The number of amides is 1. The van der Waals surface area contributed by atoms with Gasteiger partial charge in [-0.15, -0.1) is 0 Å². The highest BCUT2D eigenvalue weighted by molar-refractivity contribution is 6.34. The first-order valence-electron chi connectivity index (χ1n) is 6.71. The van der Waals surface area contributed by atoms with Crippen molar-refractivity contribution in [2.45, 2.75) is 31.4 Å². The van der Waals surface area contributed by atoms with E-state index in [0.717, 1.165) is 25.8 Å². The molecule has 6 heteroatoms. The van der Waals surface area contributed by atoms with Crippen molar-refractivity contribution in [1.29, 1.82) is 0 Å². The first kappa shape index (κ1) is 15.6. The zero-order valence-corrected chi connectivity index (χ0v) is 12.5. The lowest BCUT2D eigenvalue weighted by Gasteiger charge is -2.23. The molecule has 1 aromatic rings. The third-order valence-corrected chi connectivity index (χ3v) is 3.80. The van der Waals surface area contributed by atoms with Crippen LogP contribution >= 0.6 is 23.2 Å². The summed E-state index contributed by atoms with van der Waals surface area (Å²) in [7, 11) is 0. The minimum atomic E-state index is -0.821. The molecule has 2 unspecified atom stereocenters. The number of carbonyl (C=O) groups excluding carboxylic acids is 1. The summed E-state index contributed by atoms with van der Waals surface area (Å²) in [6.45, 7) is 1.01. The van der Waals surface area contributed by atoms with E-state index < -0.39 is 6.10 Å². The predicted octanol–water partition coefficient (Wildman–Crippen LogP) is 2.29. The second-order valence-corrected chi connectivity index (χ2v) is 5.84. The molecule has 4 nitrogen and oxygen atoms in total. The summed E-state index contributed by atoms with van der Waals surface area (Å²) in [5.74, 6) is -0.0723. The van der Waals surface area contributed by atoms with Crippen LogP contribution in [-0.2, 0) is 4.79 Å². The van der Waals surface area contributed by atoms with Crippen molar-refractivity contribution < 1.29 is 9.90 Å². The molecule has 0 aromatic heterocycles. The number of rotatable bonds is 4. The van der Waals surface area contributed by atoms with E-state index in [1.165, 1.54) is 0 Å². The third-order valence-electron chi connectivity index (χ3n) is 3.37. The number of hydrogen-bond donors (Lipinski definition) is 3. The fourth-order valence-corrected chi connectivity index (χ4v) is 2.82. The minimum Gasteiger partial charge on any atom is -0.387 e. The number of hydrogen-bond acceptors (Lipinski definition) is 3. The van der Waals surface area contributed by atoms with Gasteiger partial charge in [-0.25, -0.2) is 0 Å². The van der Waals surface area contributed by atoms with E-state index in [4.69, 9.17) is 23.2 Å². The number of aliphatic hydroxyl groups is 1. The van der Waals surface area contributed by atoms with Crippen LogP contribution in [0.15, 0.2) is 18.2 Å². The van der Waals surface area contributed by atoms with Crippen molar-refractivity contribution in [2.24, 2.45) is 0 Å². The van der Waals surface area contributed by atoms with E-state index in [0.29, 0.717) is 15.6 Å². The molecule has 1 aliphatic rings. The molecule has 1 saturated heterocycles. The maximum absolute atomic E-state index is 11.9. The van der Waals surface area contributed by atoms with Gasteiger partial charge in [0.05, 0.1) is 12.1 Å². The smallest absolute Gasteiger partial charge is 0.237 e. The van der Waals surface area contributed by atoms with Crippen molar-refractivity contribution >= 4 is 29.1 Å². The van der Waals surface area contributed by atoms with Gasteiger partial charge in [0.1, 0.15) is 0 Å². The number of nitrogens with one attached hydrogen (secondary N) is 2. The van der Waals surface area contributed by atoms with E-state index in [-0.39, 0.29) is 18.5 Å². The quantitative estimate of drug-likeness (QED) is 0.798. The van der Waals surface area contributed by atoms with Gasteiger partial charge < -0.3 is 15.7 Å². The Morgan fingerprint density at radius 3 is 2.65 bits per heavy atom. The normalized spacial score (nSPS) is 20.4. The largest absolute Gasteiger partial charge is 0.387 e. The Labute approximate surface area is 128 Å². The molecule has 110 valence electrons. The third kappa shape index (κ3) is 4.35. The van der Waals surface area contributed by atoms with Gasteiger partial charge in [-0.05, 0) is 43.1 Å². The molecule has 2 atom stereocenters. The average Bonchev–Trinajstić information content (AvgIpc) is 2.44. The summed E-state index contributed by atoms with van der Waals surface area (Å²) < 4.78 is 0. The lowest BCUT2D eigenvalue weighted by molar-refractivity contribution is -0.124. The van der Waals surface area contributed by atoms with Gasteiger partial charge in [0.15, 0.2) is 0 Å². The van der Waals surface area contributed by atoms with Crippen LogP contribution in [0.25, 0.3) is 0 Å². The number of halogens is 2. The van der Waals surface area contributed by atoms with Crippen LogP contribution in [0.4, 0.5) is 0 Å². The van der Waals surface area contributed by atoms with E-state index in [1.54, 1.807) is 18.2 Å². The number of aliphatic hydroxyl groups excluding tert-OH is 1. The van der Waals surface area contributed by atoms with Gasteiger partial charge in [-0.2, -0.15) is 0 Å². The zero-order valence-electron chi connectivity index (χ0n) is 11.0. The molecule has 1 fully saturated rings. The molecule has 0 radical (unpaired) electrons. The van der Waals surface area contributed by atoms with Crippen LogP contribution in [0.3, 0.4) is 0 Å². The summed E-state index contributed by atoms with van der Waals surface area (Å²) in [5, 5.41) is 16.9. The summed E-state index contributed by atoms with van der Waals surface area (Å²) in [6.07, 6.45) is 2.18. The maximum atomic E-state index is 11.9. The zero-order chi connectivity index (χ0) is 14.5. The molecule has 1 heterocycles. The first-order valence-corrected chi connectivity index (χ1v) is 7.47. The Morgan fingerprint density at radius 2 is 2.05 bits per heavy atom. The highest BCUT2D eigenvalue weighted by atomic mass is 35.5. The molecule has 20 heavy (non-hydrogen) atoms. The highest BCUT2D eigenvalue weighted by Crippen LogP contribution is 2.23. The molecule has 1 aliphatic heterocycles. The molecular formula is C14H18Cl2N2O2. The van der Waals surface area contributed by atoms with Crippen molar-refractivity contribution in [3.8, 4) is 0 Å². The number of piperidine rings is 1. The van der Waals surface area contributed by atoms with E-state index in [2.05, 4.69) is 10.6 Å². The van der Waals surface area contributed by atoms with Gasteiger partial charge in [-0.3, -0.25) is 4.79 Å². The number of carbonyl (C=O) groups is 1. The van der Waals surface area contributed by atoms with Crippen molar-refractivity contribution in [3.05, 3.63) is 33.8 Å². The Bertz CT molecular complexity index is 456. The molecule has 0 saturated carbocycles. The number of benzene rings is 1. The summed E-state index contributed by atoms with van der Waals surface area (Å²) in [5.41, 5.74) is 0.597. The average molecular weight is 317 g/mol. The van der Waals surface area contributed by atoms with Crippen LogP contribution in [0.1, 0.15) is 30.9 Å². The first-order chi connectivity index (χ1) is 9.56. The lowest BCUT2D eigenvalue weighted by atomic mass is 10.0. The van der Waals surface area contributed by atoms with Crippen molar-refractivity contribution in [1.82, 2.24) is 10.6 Å².